The summed E-state index contributed by atoms with van der Waals surface area (Å²) in [7, 11) is 3.47. The van der Waals surface area contributed by atoms with Crippen LogP contribution < -0.4 is 19.5 Å². The second-order valence-corrected chi connectivity index (χ2v) is 9.57. The number of hydrogen-bond acceptors (Lipinski definition) is 9. The quantitative estimate of drug-likeness (QED) is 0.314. The summed E-state index contributed by atoms with van der Waals surface area (Å²) in [6, 6.07) is 13.0. The Kier molecular flexibility index (Phi) is 6.57. The monoisotopic (exact) mass is 529 g/mol. The lowest BCUT2D eigenvalue weighted by Crippen LogP contribution is -2.45. The summed E-state index contributed by atoms with van der Waals surface area (Å²) in [5.41, 5.74) is 3.07. The molecule has 1 aliphatic heterocycles. The topological polar surface area (TPSA) is 98.9 Å². The third-order valence-corrected chi connectivity index (χ3v) is 6.81. The predicted octanol–water partition coefficient (Wildman–Crippen LogP) is 4.95. The maximum atomic E-state index is 14.9. The summed E-state index contributed by atoms with van der Waals surface area (Å²) < 4.78 is 34.6. The lowest BCUT2D eigenvalue weighted by molar-refractivity contribution is 0.0308. The van der Waals surface area contributed by atoms with E-state index in [1.54, 1.807) is 23.9 Å². The summed E-state index contributed by atoms with van der Waals surface area (Å²) >= 11 is 0. The van der Waals surface area contributed by atoms with Crippen LogP contribution in [0.25, 0.3) is 16.6 Å². The van der Waals surface area contributed by atoms with Crippen molar-refractivity contribution in [3.8, 4) is 23.0 Å². The molecule has 2 atom stereocenters. The number of nitrogens with zero attached hydrogens (tertiary/aromatic N) is 6. The van der Waals surface area contributed by atoms with Crippen LogP contribution in [0.2, 0.25) is 0 Å². The SMILES string of the molecule is COc1ccc2ncnc(Nc3ccc(Oc4ccn5ncnc5c4)c(C)c3)c2c1O[C@H]1CCN(C)C[C@H]1F. The minimum Gasteiger partial charge on any atom is -0.493 e. The van der Waals surface area contributed by atoms with Crippen LogP contribution in [0, 0.1) is 6.92 Å². The summed E-state index contributed by atoms with van der Waals surface area (Å²) in [6.07, 6.45) is 3.64. The summed E-state index contributed by atoms with van der Waals surface area (Å²) in [4.78, 5) is 15.1. The van der Waals surface area contributed by atoms with E-state index in [4.69, 9.17) is 14.2 Å². The molecule has 5 aromatic rings. The van der Waals surface area contributed by atoms with Gasteiger partial charge in [0.15, 0.2) is 17.1 Å². The van der Waals surface area contributed by atoms with Gasteiger partial charge in [-0.1, -0.05) is 0 Å². The first-order valence-electron chi connectivity index (χ1n) is 12.6. The molecular weight excluding hydrogens is 501 g/mol. The van der Waals surface area contributed by atoms with Crippen molar-refractivity contribution in [2.75, 3.05) is 32.6 Å². The fourth-order valence-corrected chi connectivity index (χ4v) is 4.76. The van der Waals surface area contributed by atoms with E-state index in [1.165, 1.54) is 12.7 Å². The number of aromatic nitrogens is 5. The fraction of sp³-hybridized carbons (Fsp3) is 0.286. The lowest BCUT2D eigenvalue weighted by atomic mass is 10.1. The molecule has 2 aromatic carbocycles. The molecule has 0 amide bonds. The minimum absolute atomic E-state index is 0.319. The van der Waals surface area contributed by atoms with E-state index >= 15 is 0 Å². The summed E-state index contributed by atoms with van der Waals surface area (Å²) in [5, 5.41) is 8.12. The van der Waals surface area contributed by atoms with Crippen molar-refractivity contribution in [1.82, 2.24) is 29.5 Å². The smallest absolute Gasteiger partial charge is 0.174 e. The van der Waals surface area contributed by atoms with Gasteiger partial charge in [0, 0.05) is 31.0 Å². The molecule has 39 heavy (non-hydrogen) atoms. The van der Waals surface area contributed by atoms with Crippen LogP contribution in [-0.4, -0.2) is 69.0 Å². The number of aryl methyl sites for hydroxylation is 1. The second-order valence-electron chi connectivity index (χ2n) is 9.57. The van der Waals surface area contributed by atoms with Gasteiger partial charge in [-0.2, -0.15) is 5.10 Å². The zero-order valence-corrected chi connectivity index (χ0v) is 21.8. The molecule has 0 bridgehead atoms. The lowest BCUT2D eigenvalue weighted by Gasteiger charge is -2.33. The molecule has 11 heteroatoms. The Morgan fingerprint density at radius 3 is 2.72 bits per heavy atom. The van der Waals surface area contributed by atoms with Crippen LogP contribution in [0.15, 0.2) is 61.3 Å². The van der Waals surface area contributed by atoms with Gasteiger partial charge < -0.3 is 24.4 Å². The molecule has 200 valence electrons. The zero-order valence-electron chi connectivity index (χ0n) is 21.8. The Hall–Kier alpha value is -4.51. The van der Waals surface area contributed by atoms with Crippen LogP contribution in [0.1, 0.15) is 12.0 Å². The highest BCUT2D eigenvalue weighted by atomic mass is 19.1. The molecule has 0 aliphatic carbocycles. The number of likely N-dealkylation sites (tertiary alicyclic amines) is 1. The first-order valence-corrected chi connectivity index (χ1v) is 12.6. The van der Waals surface area contributed by atoms with E-state index in [9.17, 15) is 4.39 Å². The van der Waals surface area contributed by atoms with Gasteiger partial charge in [0.1, 0.15) is 42.2 Å². The van der Waals surface area contributed by atoms with Crippen molar-refractivity contribution < 1.29 is 18.6 Å². The maximum Gasteiger partial charge on any atom is 0.174 e. The highest BCUT2D eigenvalue weighted by Gasteiger charge is 2.31. The van der Waals surface area contributed by atoms with E-state index in [1.807, 2.05) is 55.3 Å². The van der Waals surface area contributed by atoms with Crippen molar-refractivity contribution in [2.45, 2.75) is 25.6 Å². The molecule has 0 unspecified atom stereocenters. The summed E-state index contributed by atoms with van der Waals surface area (Å²) in [6.45, 7) is 3.04. The van der Waals surface area contributed by atoms with E-state index in [0.29, 0.717) is 58.3 Å². The highest BCUT2D eigenvalue weighted by molar-refractivity contribution is 5.97. The molecule has 1 saturated heterocycles. The van der Waals surface area contributed by atoms with Crippen LogP contribution in [0.5, 0.6) is 23.0 Å². The molecule has 1 fully saturated rings. The van der Waals surface area contributed by atoms with Gasteiger partial charge in [0.2, 0.25) is 0 Å². The van der Waals surface area contributed by atoms with Gasteiger partial charge in [-0.05, 0) is 62.4 Å². The van der Waals surface area contributed by atoms with Gasteiger partial charge in [-0.25, -0.2) is 23.9 Å². The van der Waals surface area contributed by atoms with E-state index in [-0.39, 0.29) is 0 Å². The molecule has 4 heterocycles. The highest BCUT2D eigenvalue weighted by Crippen LogP contribution is 2.41. The molecule has 0 saturated carbocycles. The largest absolute Gasteiger partial charge is 0.493 e. The molecule has 1 aliphatic rings. The summed E-state index contributed by atoms with van der Waals surface area (Å²) in [5.74, 6) is 2.82. The number of benzene rings is 2. The van der Waals surface area contributed by atoms with Crippen molar-refractivity contribution in [3.05, 3.63) is 66.9 Å². The molecule has 10 nitrogen and oxygen atoms in total. The minimum atomic E-state index is -1.12. The van der Waals surface area contributed by atoms with Crippen molar-refractivity contribution in [3.63, 3.8) is 0 Å². The number of hydrogen-bond donors (Lipinski definition) is 1. The van der Waals surface area contributed by atoms with Crippen LogP contribution >= 0.6 is 0 Å². The molecular formula is C28H28FN7O3. The Balaban J connectivity index is 1.30. The third kappa shape index (κ3) is 5.00. The van der Waals surface area contributed by atoms with Crippen molar-refractivity contribution in [2.24, 2.45) is 0 Å². The first kappa shape index (κ1) is 24.8. The van der Waals surface area contributed by atoms with Crippen LogP contribution in [0.4, 0.5) is 15.9 Å². The fourth-order valence-electron chi connectivity index (χ4n) is 4.76. The first-order chi connectivity index (χ1) is 19.0. The molecule has 0 radical (unpaired) electrons. The zero-order chi connectivity index (χ0) is 26.9. The van der Waals surface area contributed by atoms with E-state index < -0.39 is 12.3 Å². The Labute approximate surface area is 224 Å². The number of piperidine rings is 1. The number of rotatable bonds is 7. The standard InChI is InChI=1S/C28H28FN7O3/c1-17-12-18(4-6-22(17)38-19-8-11-36-25(13-19)31-16-33-36)34-28-26-21(30-15-32-28)5-7-24(37-3)27(26)39-23-9-10-35(2)14-20(23)29/h4-8,11-13,15-16,20,23H,9-10,14H2,1-3H3,(H,30,32,34)/t20-,23+/m1/s1. The average molecular weight is 530 g/mol. The Morgan fingerprint density at radius 2 is 1.90 bits per heavy atom. The number of halogens is 1. The number of nitrogens with one attached hydrogen (secondary N) is 1. The number of anilines is 2. The second kappa shape index (κ2) is 10.3. The van der Waals surface area contributed by atoms with Crippen LogP contribution in [0.3, 0.4) is 0 Å². The molecule has 1 N–H and O–H groups in total. The van der Waals surface area contributed by atoms with Gasteiger partial charge in [-0.3, -0.25) is 0 Å². The van der Waals surface area contributed by atoms with Gasteiger partial charge in [-0.15, -0.1) is 0 Å². The number of pyridine rings is 1. The van der Waals surface area contributed by atoms with Crippen molar-refractivity contribution >= 4 is 28.1 Å². The van der Waals surface area contributed by atoms with Crippen molar-refractivity contribution in [1.29, 1.82) is 0 Å². The maximum absolute atomic E-state index is 14.9. The molecule has 3 aromatic heterocycles. The van der Waals surface area contributed by atoms with Gasteiger partial charge >= 0.3 is 0 Å². The molecule has 0 spiro atoms. The molecule has 6 rings (SSSR count). The third-order valence-electron chi connectivity index (χ3n) is 6.81. The number of methoxy groups -OCH3 is 1. The van der Waals surface area contributed by atoms with E-state index in [0.717, 1.165) is 17.8 Å². The van der Waals surface area contributed by atoms with Gasteiger partial charge in [0.25, 0.3) is 0 Å². The number of fused-ring (bicyclic) bond motifs is 2. The Bertz CT molecular complexity index is 1640. The average Bonchev–Trinajstić information content (AvgIpc) is 3.40. The van der Waals surface area contributed by atoms with Crippen LogP contribution in [-0.2, 0) is 0 Å². The van der Waals surface area contributed by atoms with Gasteiger partial charge in [0.05, 0.1) is 18.0 Å². The number of ether oxygens (including phenoxy) is 3. The number of alkyl halides is 1. The Morgan fingerprint density at radius 1 is 1.03 bits per heavy atom. The predicted molar refractivity (Wildman–Crippen MR) is 145 cm³/mol. The normalized spacial score (nSPS) is 17.8. The van der Waals surface area contributed by atoms with E-state index in [2.05, 4.69) is 25.4 Å².